The van der Waals surface area contributed by atoms with Gasteiger partial charge in [-0.1, -0.05) is 29.8 Å². The monoisotopic (exact) mass is 371 g/mol. The molecule has 0 radical (unpaired) electrons. The molecule has 2 N–H and O–H groups in total. The second-order valence-electron chi connectivity index (χ2n) is 4.95. The van der Waals surface area contributed by atoms with E-state index in [-0.39, 0.29) is 11.1 Å². The van der Waals surface area contributed by atoms with Crippen molar-refractivity contribution in [2.24, 2.45) is 5.73 Å². The Labute approximate surface area is 137 Å². The van der Waals surface area contributed by atoms with Gasteiger partial charge in [0.15, 0.2) is 0 Å². The lowest BCUT2D eigenvalue weighted by Gasteiger charge is -2.15. The van der Waals surface area contributed by atoms with E-state index in [0.717, 1.165) is 27.8 Å². The smallest absolute Gasteiger partial charge is 0.141 e. The van der Waals surface area contributed by atoms with E-state index >= 15 is 0 Å². The van der Waals surface area contributed by atoms with Crippen LogP contribution < -0.4 is 10.5 Å². The fraction of sp³-hybridized carbons (Fsp3) is 0.250. The van der Waals surface area contributed by atoms with Gasteiger partial charge < -0.3 is 10.5 Å². The summed E-state index contributed by atoms with van der Waals surface area (Å²) in [4.78, 5) is 0. The van der Waals surface area contributed by atoms with Crippen molar-refractivity contribution in [2.75, 3.05) is 0 Å². The van der Waals surface area contributed by atoms with Gasteiger partial charge in [0.2, 0.25) is 0 Å². The quantitative estimate of drug-likeness (QED) is 0.825. The van der Waals surface area contributed by atoms with Crippen LogP contribution in [0.5, 0.6) is 5.75 Å². The van der Waals surface area contributed by atoms with E-state index in [9.17, 15) is 4.39 Å². The van der Waals surface area contributed by atoms with Gasteiger partial charge in [-0.2, -0.15) is 0 Å². The van der Waals surface area contributed by atoms with E-state index in [0.29, 0.717) is 6.61 Å². The molecule has 0 aliphatic carbocycles. The lowest BCUT2D eigenvalue weighted by Crippen LogP contribution is -2.18. The van der Waals surface area contributed by atoms with Crippen molar-refractivity contribution in [1.82, 2.24) is 0 Å². The molecule has 0 saturated heterocycles. The van der Waals surface area contributed by atoms with Crippen molar-refractivity contribution in [3.63, 3.8) is 0 Å². The van der Waals surface area contributed by atoms with E-state index in [1.807, 2.05) is 25.1 Å². The van der Waals surface area contributed by atoms with Crippen molar-refractivity contribution in [1.29, 1.82) is 0 Å². The lowest BCUT2D eigenvalue weighted by atomic mass is 10.1. The maximum atomic E-state index is 13.1. The van der Waals surface area contributed by atoms with Crippen LogP contribution in [0.15, 0.2) is 40.9 Å². The van der Waals surface area contributed by atoms with Crippen molar-refractivity contribution in [3.8, 4) is 5.75 Å². The van der Waals surface area contributed by atoms with E-state index < -0.39 is 5.82 Å². The van der Waals surface area contributed by atoms with E-state index in [4.69, 9.17) is 22.1 Å². The van der Waals surface area contributed by atoms with Crippen LogP contribution >= 0.6 is 27.5 Å². The molecule has 2 nitrogen and oxygen atoms in total. The molecule has 0 spiro atoms. The zero-order chi connectivity index (χ0) is 15.4. The SMILES string of the molecule is CC(N)Cc1cccc(Br)c1OCc1ccc(F)c(Cl)c1. The Kier molecular flexibility index (Phi) is 5.62. The van der Waals surface area contributed by atoms with Crippen LogP contribution in [0.25, 0.3) is 0 Å². The highest BCUT2D eigenvalue weighted by Crippen LogP contribution is 2.31. The molecule has 2 aromatic carbocycles. The highest BCUT2D eigenvalue weighted by molar-refractivity contribution is 9.10. The second kappa shape index (κ2) is 7.25. The first-order valence-corrected chi connectivity index (χ1v) is 7.74. The largest absolute Gasteiger partial charge is 0.487 e. The molecule has 0 heterocycles. The fourth-order valence-electron chi connectivity index (χ4n) is 2.01. The normalized spacial score (nSPS) is 12.2. The molecule has 0 aliphatic rings. The Morgan fingerprint density at radius 3 is 2.76 bits per heavy atom. The highest BCUT2D eigenvalue weighted by Gasteiger charge is 2.10. The molecular weight excluding hydrogens is 357 g/mol. The van der Waals surface area contributed by atoms with Gasteiger partial charge in [-0.3, -0.25) is 0 Å². The molecular formula is C16H16BrClFNO. The summed E-state index contributed by atoms with van der Waals surface area (Å²) in [5, 5.41) is 0.0963. The number of halogens is 3. The Hall–Kier alpha value is -1.10. The topological polar surface area (TPSA) is 35.2 Å². The molecule has 2 rings (SSSR count). The first kappa shape index (κ1) is 16.3. The summed E-state index contributed by atoms with van der Waals surface area (Å²) in [6, 6.07) is 10.5. The van der Waals surface area contributed by atoms with Crippen LogP contribution in [-0.2, 0) is 13.0 Å². The van der Waals surface area contributed by atoms with Gasteiger partial charge in [-0.15, -0.1) is 0 Å². The average Bonchev–Trinajstić information content (AvgIpc) is 2.41. The lowest BCUT2D eigenvalue weighted by molar-refractivity contribution is 0.300. The van der Waals surface area contributed by atoms with Crippen LogP contribution in [0.2, 0.25) is 5.02 Å². The highest BCUT2D eigenvalue weighted by atomic mass is 79.9. The van der Waals surface area contributed by atoms with Gasteiger partial charge in [-0.05, 0) is 58.6 Å². The van der Waals surface area contributed by atoms with Gasteiger partial charge in [0.25, 0.3) is 0 Å². The molecule has 112 valence electrons. The minimum atomic E-state index is -0.432. The maximum absolute atomic E-state index is 13.1. The number of hydrogen-bond donors (Lipinski definition) is 1. The van der Waals surface area contributed by atoms with Crippen molar-refractivity contribution < 1.29 is 9.13 Å². The molecule has 21 heavy (non-hydrogen) atoms. The number of hydrogen-bond acceptors (Lipinski definition) is 2. The number of ether oxygens (including phenoxy) is 1. The molecule has 2 aromatic rings. The molecule has 0 amide bonds. The number of para-hydroxylation sites is 1. The summed E-state index contributed by atoms with van der Waals surface area (Å²) in [7, 11) is 0. The maximum Gasteiger partial charge on any atom is 0.141 e. The Bertz CT molecular complexity index is 634. The molecule has 0 aliphatic heterocycles. The van der Waals surface area contributed by atoms with Crippen LogP contribution in [0.4, 0.5) is 4.39 Å². The van der Waals surface area contributed by atoms with Gasteiger partial charge in [0.05, 0.1) is 9.50 Å². The van der Waals surface area contributed by atoms with E-state index in [1.165, 1.54) is 6.07 Å². The molecule has 0 aromatic heterocycles. The second-order valence-corrected chi connectivity index (χ2v) is 6.21. The Morgan fingerprint density at radius 2 is 2.10 bits per heavy atom. The zero-order valence-corrected chi connectivity index (χ0v) is 13.9. The molecule has 0 bridgehead atoms. The van der Waals surface area contributed by atoms with Crippen LogP contribution in [-0.4, -0.2) is 6.04 Å². The third kappa shape index (κ3) is 4.43. The first-order valence-electron chi connectivity index (χ1n) is 6.57. The average molecular weight is 373 g/mol. The minimum Gasteiger partial charge on any atom is -0.487 e. The summed E-state index contributed by atoms with van der Waals surface area (Å²) < 4.78 is 19.9. The first-order chi connectivity index (χ1) is 9.97. The molecule has 0 saturated carbocycles. The minimum absolute atomic E-state index is 0.0434. The summed E-state index contributed by atoms with van der Waals surface area (Å²) in [6.07, 6.45) is 0.721. The van der Waals surface area contributed by atoms with Crippen molar-refractivity contribution in [3.05, 3.63) is 62.8 Å². The Balaban J connectivity index is 2.17. The molecule has 0 fully saturated rings. The van der Waals surface area contributed by atoms with Crippen LogP contribution in [0.3, 0.4) is 0 Å². The predicted molar refractivity (Wildman–Crippen MR) is 87.2 cm³/mol. The van der Waals surface area contributed by atoms with Gasteiger partial charge in [-0.25, -0.2) is 4.39 Å². The van der Waals surface area contributed by atoms with Gasteiger partial charge in [0, 0.05) is 6.04 Å². The third-order valence-electron chi connectivity index (χ3n) is 2.96. The standard InChI is InChI=1S/C16H16BrClFNO/c1-10(20)7-12-3-2-4-13(17)16(12)21-9-11-5-6-15(19)14(18)8-11/h2-6,8,10H,7,9,20H2,1H3. The summed E-state index contributed by atoms with van der Waals surface area (Å²) in [6.45, 7) is 2.26. The van der Waals surface area contributed by atoms with Crippen LogP contribution in [0, 0.1) is 5.82 Å². The van der Waals surface area contributed by atoms with E-state index in [2.05, 4.69) is 15.9 Å². The number of nitrogens with two attached hydrogens (primary N) is 1. The molecule has 5 heteroatoms. The zero-order valence-electron chi connectivity index (χ0n) is 11.6. The van der Waals surface area contributed by atoms with Gasteiger partial charge in [0.1, 0.15) is 18.2 Å². The number of rotatable bonds is 5. The van der Waals surface area contributed by atoms with Gasteiger partial charge >= 0.3 is 0 Å². The molecule has 1 atom stereocenters. The fourth-order valence-corrected chi connectivity index (χ4v) is 2.73. The number of benzene rings is 2. The summed E-state index contributed by atoms with van der Waals surface area (Å²) in [5.74, 6) is 0.328. The molecule has 1 unspecified atom stereocenters. The predicted octanol–water partition coefficient (Wildman–Crippen LogP) is 4.71. The Morgan fingerprint density at radius 1 is 1.33 bits per heavy atom. The summed E-state index contributed by atoms with van der Waals surface area (Å²) in [5.41, 5.74) is 7.70. The van der Waals surface area contributed by atoms with Crippen molar-refractivity contribution >= 4 is 27.5 Å². The third-order valence-corrected chi connectivity index (χ3v) is 3.87. The van der Waals surface area contributed by atoms with Crippen LogP contribution in [0.1, 0.15) is 18.1 Å². The van der Waals surface area contributed by atoms with E-state index in [1.54, 1.807) is 12.1 Å². The van der Waals surface area contributed by atoms with Crippen molar-refractivity contribution in [2.45, 2.75) is 26.0 Å². The summed E-state index contributed by atoms with van der Waals surface area (Å²) >= 11 is 9.26.